The van der Waals surface area contributed by atoms with Crippen LogP contribution in [0.2, 0.25) is 0 Å². The van der Waals surface area contributed by atoms with Crippen LogP contribution in [-0.2, 0) is 14.2 Å². The number of hydrogen-bond donors (Lipinski definition) is 0. The van der Waals surface area contributed by atoms with Crippen molar-refractivity contribution in [3.05, 3.63) is 0 Å². The fourth-order valence-corrected chi connectivity index (χ4v) is 1.25. The second-order valence-corrected chi connectivity index (χ2v) is 3.82. The lowest BCUT2D eigenvalue weighted by Crippen LogP contribution is -2.22. The molecule has 0 amide bonds. The molecule has 6 nitrogen and oxygen atoms in total. The second-order valence-electron chi connectivity index (χ2n) is 3.82. The fourth-order valence-electron chi connectivity index (χ4n) is 1.25. The van der Waals surface area contributed by atoms with Gasteiger partial charge in [-0.1, -0.05) is 0 Å². The van der Waals surface area contributed by atoms with Gasteiger partial charge in [-0.25, -0.2) is 0 Å². The van der Waals surface area contributed by atoms with E-state index in [2.05, 4.69) is 0 Å². The van der Waals surface area contributed by atoms with Gasteiger partial charge in [0.2, 0.25) is 0 Å². The van der Waals surface area contributed by atoms with E-state index < -0.39 is 0 Å². The minimum absolute atomic E-state index is 0.0519. The molecule has 0 bridgehead atoms. The van der Waals surface area contributed by atoms with E-state index >= 15 is 0 Å². The van der Waals surface area contributed by atoms with Crippen molar-refractivity contribution < 1.29 is 14.2 Å². The lowest BCUT2D eigenvalue weighted by molar-refractivity contribution is -0.00258. The third-order valence-corrected chi connectivity index (χ3v) is 2.14. The number of nitrogens with zero attached hydrogens (tertiary/aromatic N) is 3. The van der Waals surface area contributed by atoms with Crippen molar-refractivity contribution in [2.24, 2.45) is 5.92 Å². The summed E-state index contributed by atoms with van der Waals surface area (Å²) in [7, 11) is 0. The summed E-state index contributed by atoms with van der Waals surface area (Å²) in [5.74, 6) is 0.0519. The molecule has 0 N–H and O–H groups in total. The molecule has 0 unspecified atom stereocenters. The quantitative estimate of drug-likeness (QED) is 0.494. The van der Waals surface area contributed by atoms with Gasteiger partial charge in [0, 0.05) is 5.92 Å². The molecule has 104 valence electrons. The Balaban J connectivity index is 3.77. The van der Waals surface area contributed by atoms with Crippen LogP contribution in [-0.4, -0.2) is 39.6 Å². The maximum absolute atomic E-state index is 8.39. The molecule has 0 aromatic carbocycles. The second kappa shape index (κ2) is 14.4. The fraction of sp³-hybridized carbons (Fsp3) is 0.769. The minimum atomic E-state index is 0.0519. The maximum atomic E-state index is 8.39. The van der Waals surface area contributed by atoms with Crippen molar-refractivity contribution >= 4 is 0 Å². The largest absolute Gasteiger partial charge is 0.380 e. The first-order valence-corrected chi connectivity index (χ1v) is 6.19. The standard InChI is InChI=1S/C13H19N3O3/c14-4-1-7-17-10-13(11-18-8-2-5-15)12-19-9-3-6-16/h13H,1-3,7-12H2. The summed E-state index contributed by atoms with van der Waals surface area (Å²) >= 11 is 0. The molecule has 0 radical (unpaired) electrons. The third-order valence-electron chi connectivity index (χ3n) is 2.14. The third kappa shape index (κ3) is 12.6. The lowest BCUT2D eigenvalue weighted by Gasteiger charge is -2.16. The molecule has 0 spiro atoms. The van der Waals surface area contributed by atoms with Gasteiger partial charge in [0.15, 0.2) is 0 Å². The smallest absolute Gasteiger partial charge is 0.0645 e. The molecule has 0 saturated carbocycles. The van der Waals surface area contributed by atoms with Crippen molar-refractivity contribution in [3.8, 4) is 18.2 Å². The SMILES string of the molecule is N#CCCOCC(COCCC#N)COCCC#N. The summed E-state index contributed by atoms with van der Waals surface area (Å²) in [5.41, 5.74) is 0. The van der Waals surface area contributed by atoms with Crippen LogP contribution in [0, 0.1) is 39.9 Å². The van der Waals surface area contributed by atoms with Crippen LogP contribution in [0.4, 0.5) is 0 Å². The van der Waals surface area contributed by atoms with E-state index in [4.69, 9.17) is 30.0 Å². The number of hydrogen-bond acceptors (Lipinski definition) is 6. The van der Waals surface area contributed by atoms with Gasteiger partial charge < -0.3 is 14.2 Å². The molecule has 0 aliphatic carbocycles. The summed E-state index contributed by atoms with van der Waals surface area (Å²) in [6, 6.07) is 6.00. The highest BCUT2D eigenvalue weighted by atomic mass is 16.5. The minimum Gasteiger partial charge on any atom is -0.380 e. The van der Waals surface area contributed by atoms with Crippen molar-refractivity contribution in [1.82, 2.24) is 0 Å². The maximum Gasteiger partial charge on any atom is 0.0645 e. The Hall–Kier alpha value is -1.65. The topological polar surface area (TPSA) is 99.1 Å². The van der Waals surface area contributed by atoms with Crippen LogP contribution in [0.15, 0.2) is 0 Å². The van der Waals surface area contributed by atoms with Gasteiger partial charge in [-0.15, -0.1) is 0 Å². The summed E-state index contributed by atoms with van der Waals surface area (Å²) in [6.07, 6.45) is 1.08. The van der Waals surface area contributed by atoms with E-state index in [9.17, 15) is 0 Å². The lowest BCUT2D eigenvalue weighted by atomic mass is 10.2. The Kier molecular flexibility index (Phi) is 13.2. The summed E-state index contributed by atoms with van der Waals surface area (Å²) < 4.78 is 16.0. The van der Waals surface area contributed by atoms with E-state index in [0.29, 0.717) is 58.9 Å². The van der Waals surface area contributed by atoms with Crippen molar-refractivity contribution in [2.75, 3.05) is 39.6 Å². The predicted octanol–water partition coefficient (Wildman–Crippen LogP) is 1.39. The summed E-state index contributed by atoms with van der Waals surface area (Å²) in [4.78, 5) is 0. The molecular formula is C13H19N3O3. The monoisotopic (exact) mass is 265 g/mol. The van der Waals surface area contributed by atoms with Crippen molar-refractivity contribution in [3.63, 3.8) is 0 Å². The zero-order valence-electron chi connectivity index (χ0n) is 11.0. The van der Waals surface area contributed by atoms with Crippen LogP contribution in [0.3, 0.4) is 0 Å². The zero-order valence-corrected chi connectivity index (χ0v) is 11.0. The van der Waals surface area contributed by atoms with Crippen molar-refractivity contribution in [1.29, 1.82) is 15.8 Å². The first-order chi connectivity index (χ1) is 9.35. The molecule has 0 aliphatic rings. The van der Waals surface area contributed by atoms with E-state index in [0.717, 1.165) is 0 Å². The van der Waals surface area contributed by atoms with Gasteiger partial charge >= 0.3 is 0 Å². The van der Waals surface area contributed by atoms with E-state index in [1.54, 1.807) is 0 Å². The molecule has 0 rings (SSSR count). The Labute approximate surface area is 114 Å². The van der Waals surface area contributed by atoms with Crippen LogP contribution in [0.25, 0.3) is 0 Å². The van der Waals surface area contributed by atoms with Gasteiger partial charge in [-0.2, -0.15) is 15.8 Å². The highest BCUT2D eigenvalue weighted by molar-refractivity contribution is 4.69. The molecule has 6 heteroatoms. The predicted molar refractivity (Wildman–Crippen MR) is 66.6 cm³/mol. The molecule has 0 aliphatic heterocycles. The highest BCUT2D eigenvalue weighted by Gasteiger charge is 2.10. The number of ether oxygens (including phenoxy) is 3. The molecule has 0 saturated heterocycles. The summed E-state index contributed by atoms with van der Waals surface area (Å²) in [5, 5.41) is 25.2. The Morgan fingerprint density at radius 3 is 1.21 bits per heavy atom. The van der Waals surface area contributed by atoms with Gasteiger partial charge in [0.25, 0.3) is 0 Å². The Morgan fingerprint density at radius 1 is 0.632 bits per heavy atom. The first-order valence-electron chi connectivity index (χ1n) is 6.19. The van der Waals surface area contributed by atoms with Crippen LogP contribution < -0.4 is 0 Å². The van der Waals surface area contributed by atoms with Gasteiger partial charge in [0.05, 0.1) is 77.1 Å². The Morgan fingerprint density at radius 2 is 0.947 bits per heavy atom. The van der Waals surface area contributed by atoms with Crippen LogP contribution in [0.5, 0.6) is 0 Å². The molecule has 0 atom stereocenters. The van der Waals surface area contributed by atoms with E-state index in [1.165, 1.54) is 0 Å². The van der Waals surface area contributed by atoms with E-state index in [1.807, 2.05) is 18.2 Å². The molecule has 19 heavy (non-hydrogen) atoms. The van der Waals surface area contributed by atoms with Crippen LogP contribution >= 0.6 is 0 Å². The van der Waals surface area contributed by atoms with Gasteiger partial charge in [0.1, 0.15) is 0 Å². The molecule has 0 aromatic rings. The van der Waals surface area contributed by atoms with Gasteiger partial charge in [-0.05, 0) is 0 Å². The molecule has 0 heterocycles. The normalized spacial score (nSPS) is 9.79. The van der Waals surface area contributed by atoms with E-state index in [-0.39, 0.29) is 5.92 Å². The number of rotatable bonds is 12. The van der Waals surface area contributed by atoms with Crippen LogP contribution in [0.1, 0.15) is 19.3 Å². The number of nitriles is 3. The van der Waals surface area contributed by atoms with Crippen molar-refractivity contribution in [2.45, 2.75) is 19.3 Å². The molecular weight excluding hydrogens is 246 g/mol. The zero-order chi connectivity index (χ0) is 14.2. The highest BCUT2D eigenvalue weighted by Crippen LogP contribution is 2.02. The average molecular weight is 265 g/mol. The summed E-state index contributed by atoms with van der Waals surface area (Å²) in [6.45, 7) is 2.51. The Bertz CT molecular complexity index is 275. The van der Waals surface area contributed by atoms with Gasteiger partial charge in [-0.3, -0.25) is 0 Å². The average Bonchev–Trinajstić information content (AvgIpc) is 2.43. The first kappa shape index (κ1) is 17.4. The molecule has 0 fully saturated rings. The molecule has 0 aromatic heterocycles.